The molecule has 5 rings (SSSR count). The van der Waals surface area contributed by atoms with Crippen molar-refractivity contribution in [2.75, 3.05) is 13.1 Å². The van der Waals surface area contributed by atoms with E-state index in [-0.39, 0.29) is 28.6 Å². The van der Waals surface area contributed by atoms with E-state index in [0.717, 1.165) is 44.9 Å². The number of aromatic nitrogens is 2. The van der Waals surface area contributed by atoms with Gasteiger partial charge in [0.25, 0.3) is 10.0 Å². The number of hydrogen-bond donors (Lipinski definition) is 1. The first kappa shape index (κ1) is 23.0. The van der Waals surface area contributed by atoms with Gasteiger partial charge in [0.1, 0.15) is 4.21 Å². The van der Waals surface area contributed by atoms with Crippen LogP contribution in [-0.2, 0) is 14.8 Å². The number of piperidine rings is 1. The van der Waals surface area contributed by atoms with E-state index in [1.807, 2.05) is 0 Å². The van der Waals surface area contributed by atoms with Gasteiger partial charge in [-0.3, -0.25) is 4.79 Å². The quantitative estimate of drug-likeness (QED) is 0.603. The van der Waals surface area contributed by atoms with Crippen molar-refractivity contribution < 1.29 is 17.7 Å². The molecule has 33 heavy (non-hydrogen) atoms. The summed E-state index contributed by atoms with van der Waals surface area (Å²) >= 11 is 1.17. The largest absolute Gasteiger partial charge is 0.353 e. The molecule has 1 amide bonds. The Balaban J connectivity index is 1.24. The summed E-state index contributed by atoms with van der Waals surface area (Å²) in [4.78, 5) is 17.4. The molecule has 1 aliphatic heterocycles. The van der Waals surface area contributed by atoms with Gasteiger partial charge >= 0.3 is 0 Å². The van der Waals surface area contributed by atoms with Crippen molar-refractivity contribution in [2.45, 2.75) is 86.8 Å². The van der Waals surface area contributed by atoms with Gasteiger partial charge in [0, 0.05) is 36.0 Å². The average molecular weight is 493 g/mol. The molecule has 0 bridgehead atoms. The SMILES string of the molecule is O=C(NC1CCCCCC1)[C@@H]1CCCN(S(=O)(=O)c2cc(-c3noc(C4CCC4)n3)cs2)C1. The minimum absolute atomic E-state index is 0.00369. The summed E-state index contributed by atoms with van der Waals surface area (Å²) in [5.41, 5.74) is 0.660. The van der Waals surface area contributed by atoms with E-state index in [9.17, 15) is 13.2 Å². The normalized spacial score (nSPS) is 23.7. The summed E-state index contributed by atoms with van der Waals surface area (Å²) in [6.45, 7) is 0.680. The predicted octanol–water partition coefficient (Wildman–Crippen LogP) is 4.31. The molecule has 180 valence electrons. The van der Waals surface area contributed by atoms with E-state index in [2.05, 4.69) is 15.5 Å². The molecule has 1 atom stereocenters. The Bertz CT molecular complexity index is 1070. The van der Waals surface area contributed by atoms with E-state index in [4.69, 9.17) is 4.52 Å². The van der Waals surface area contributed by atoms with Gasteiger partial charge in [0.05, 0.1) is 5.92 Å². The van der Waals surface area contributed by atoms with Gasteiger partial charge in [-0.15, -0.1) is 11.3 Å². The predicted molar refractivity (Wildman–Crippen MR) is 125 cm³/mol. The van der Waals surface area contributed by atoms with Crippen molar-refractivity contribution in [1.82, 2.24) is 19.8 Å². The third kappa shape index (κ3) is 5.02. The van der Waals surface area contributed by atoms with Crippen LogP contribution in [0.2, 0.25) is 0 Å². The zero-order valence-electron chi connectivity index (χ0n) is 18.9. The van der Waals surface area contributed by atoms with E-state index in [1.54, 1.807) is 11.4 Å². The van der Waals surface area contributed by atoms with Crippen molar-refractivity contribution in [3.63, 3.8) is 0 Å². The summed E-state index contributed by atoms with van der Waals surface area (Å²) in [5, 5.41) is 9.02. The number of carbonyl (C=O) groups excluding carboxylic acids is 1. The number of nitrogens with one attached hydrogen (secondary N) is 1. The van der Waals surface area contributed by atoms with Crippen LogP contribution in [0.1, 0.15) is 82.4 Å². The molecule has 2 aliphatic carbocycles. The summed E-state index contributed by atoms with van der Waals surface area (Å²) in [5.74, 6) is 1.13. The first-order chi connectivity index (χ1) is 16.0. The Kier molecular flexibility index (Phi) is 6.85. The van der Waals surface area contributed by atoms with Gasteiger partial charge < -0.3 is 9.84 Å². The van der Waals surface area contributed by atoms with Gasteiger partial charge in [0.2, 0.25) is 17.6 Å². The number of carbonyl (C=O) groups is 1. The lowest BCUT2D eigenvalue weighted by molar-refractivity contribution is -0.126. The molecular formula is C23H32N4O4S2. The fourth-order valence-corrected chi connectivity index (χ4v) is 7.82. The molecule has 1 saturated heterocycles. The molecule has 0 spiro atoms. The minimum atomic E-state index is -3.67. The van der Waals surface area contributed by atoms with E-state index >= 15 is 0 Å². The van der Waals surface area contributed by atoms with Crippen LogP contribution in [0.25, 0.3) is 11.4 Å². The third-order valence-electron chi connectivity index (χ3n) is 7.28. The van der Waals surface area contributed by atoms with Crippen LogP contribution in [0.5, 0.6) is 0 Å². The van der Waals surface area contributed by atoms with Crippen molar-refractivity contribution in [3.8, 4) is 11.4 Å². The van der Waals surface area contributed by atoms with Crippen molar-refractivity contribution in [1.29, 1.82) is 0 Å². The highest BCUT2D eigenvalue weighted by Gasteiger charge is 2.35. The van der Waals surface area contributed by atoms with Crippen LogP contribution in [0.4, 0.5) is 0 Å². The molecule has 2 aromatic rings. The second-order valence-corrected chi connectivity index (χ2v) is 12.7. The van der Waals surface area contributed by atoms with Gasteiger partial charge in [-0.25, -0.2) is 8.42 Å². The zero-order valence-corrected chi connectivity index (χ0v) is 20.5. The Morgan fingerprint density at radius 1 is 1.06 bits per heavy atom. The topological polar surface area (TPSA) is 105 Å². The Morgan fingerprint density at radius 3 is 2.58 bits per heavy atom. The lowest BCUT2D eigenvalue weighted by Gasteiger charge is -2.31. The highest BCUT2D eigenvalue weighted by molar-refractivity contribution is 7.91. The average Bonchev–Trinajstić information content (AvgIpc) is 3.39. The highest BCUT2D eigenvalue weighted by Crippen LogP contribution is 2.37. The van der Waals surface area contributed by atoms with Gasteiger partial charge in [-0.1, -0.05) is 37.3 Å². The molecule has 3 aliphatic rings. The zero-order chi connectivity index (χ0) is 22.8. The van der Waals surface area contributed by atoms with E-state index in [1.165, 1.54) is 34.9 Å². The summed E-state index contributed by atoms with van der Waals surface area (Å²) in [6, 6.07) is 1.86. The van der Waals surface area contributed by atoms with Gasteiger partial charge in [-0.05, 0) is 44.6 Å². The molecule has 0 aromatic carbocycles. The van der Waals surface area contributed by atoms with Crippen LogP contribution in [0.3, 0.4) is 0 Å². The van der Waals surface area contributed by atoms with Crippen LogP contribution >= 0.6 is 11.3 Å². The number of hydrogen-bond acceptors (Lipinski definition) is 7. The van der Waals surface area contributed by atoms with E-state index in [0.29, 0.717) is 36.2 Å². The van der Waals surface area contributed by atoms with Gasteiger partial charge in [-0.2, -0.15) is 9.29 Å². The molecule has 1 N–H and O–H groups in total. The molecule has 0 unspecified atom stereocenters. The van der Waals surface area contributed by atoms with Crippen LogP contribution in [0, 0.1) is 5.92 Å². The van der Waals surface area contributed by atoms with Crippen LogP contribution in [-0.4, -0.2) is 47.9 Å². The number of rotatable bonds is 6. The number of sulfonamides is 1. The third-order valence-corrected chi connectivity index (χ3v) is 10.6. The fourth-order valence-electron chi connectivity index (χ4n) is 4.99. The lowest BCUT2D eigenvalue weighted by Crippen LogP contribution is -2.47. The molecule has 3 heterocycles. The maximum Gasteiger partial charge on any atom is 0.252 e. The Hall–Kier alpha value is -1.78. The monoisotopic (exact) mass is 492 g/mol. The van der Waals surface area contributed by atoms with E-state index < -0.39 is 10.0 Å². The first-order valence-electron chi connectivity index (χ1n) is 12.2. The number of nitrogens with zero attached hydrogens (tertiary/aromatic N) is 3. The molecule has 2 saturated carbocycles. The molecule has 8 nitrogen and oxygen atoms in total. The minimum Gasteiger partial charge on any atom is -0.353 e. The highest BCUT2D eigenvalue weighted by atomic mass is 32.2. The molecule has 2 aromatic heterocycles. The molecule has 3 fully saturated rings. The van der Waals surface area contributed by atoms with Gasteiger partial charge in [0.15, 0.2) is 0 Å². The first-order valence-corrected chi connectivity index (χ1v) is 14.6. The van der Waals surface area contributed by atoms with Crippen LogP contribution < -0.4 is 5.32 Å². The van der Waals surface area contributed by atoms with Crippen molar-refractivity contribution in [3.05, 3.63) is 17.3 Å². The number of amides is 1. The Morgan fingerprint density at radius 2 is 1.85 bits per heavy atom. The second kappa shape index (κ2) is 9.84. The molecular weight excluding hydrogens is 460 g/mol. The summed E-state index contributed by atoms with van der Waals surface area (Å²) in [7, 11) is -3.67. The molecule has 10 heteroatoms. The Labute approximate surface area is 199 Å². The lowest BCUT2D eigenvalue weighted by atomic mass is 9.85. The number of thiophene rings is 1. The maximum absolute atomic E-state index is 13.3. The standard InChI is InChI=1S/C23H32N4O4S2/c28-22(24-19-10-3-1-2-4-11-19)17-9-6-12-27(14-17)33(29,30)20-13-18(15-32-20)21-25-23(31-26-21)16-7-5-8-16/h13,15-17,19H,1-12,14H2,(H,24,28)/t17-/m1/s1. The van der Waals surface area contributed by atoms with Crippen molar-refractivity contribution >= 4 is 27.3 Å². The molecule has 0 radical (unpaired) electrons. The fraction of sp³-hybridized carbons (Fsp3) is 0.696. The summed E-state index contributed by atoms with van der Waals surface area (Å²) < 4.78 is 33.8. The van der Waals surface area contributed by atoms with Crippen LogP contribution in [0.15, 0.2) is 20.2 Å². The smallest absolute Gasteiger partial charge is 0.252 e. The van der Waals surface area contributed by atoms with Crippen molar-refractivity contribution in [2.24, 2.45) is 5.92 Å². The second-order valence-electron chi connectivity index (χ2n) is 9.64. The maximum atomic E-state index is 13.3. The summed E-state index contributed by atoms with van der Waals surface area (Å²) in [6.07, 6.45) is 11.5.